The third kappa shape index (κ3) is 1.89. The third-order valence-corrected chi connectivity index (χ3v) is 5.16. The van der Waals surface area contributed by atoms with E-state index in [9.17, 15) is 4.79 Å². The first-order valence-electron chi connectivity index (χ1n) is 8.28. The first kappa shape index (κ1) is 14.3. The van der Waals surface area contributed by atoms with Crippen LogP contribution in [0.3, 0.4) is 0 Å². The number of methoxy groups -OCH3 is 1. The SMILES string of the molecule is COc1ccc2nc3c(cc2c1)CN1C(=O)c2ccccc2N(C)C31. The molecule has 3 aromatic rings. The summed E-state index contributed by atoms with van der Waals surface area (Å²) in [5.41, 5.74) is 4.68. The summed E-state index contributed by atoms with van der Waals surface area (Å²) in [6.07, 6.45) is -0.149. The van der Waals surface area contributed by atoms with Crippen LogP contribution < -0.4 is 9.64 Å². The maximum Gasteiger partial charge on any atom is 0.258 e. The van der Waals surface area contributed by atoms with Crippen molar-refractivity contribution in [3.8, 4) is 5.75 Å². The number of amides is 1. The minimum absolute atomic E-state index is 0.0679. The molecule has 0 radical (unpaired) electrons. The molecule has 0 saturated heterocycles. The highest BCUT2D eigenvalue weighted by Crippen LogP contribution is 2.43. The summed E-state index contributed by atoms with van der Waals surface area (Å²) >= 11 is 0. The van der Waals surface area contributed by atoms with Crippen molar-refractivity contribution < 1.29 is 9.53 Å². The van der Waals surface area contributed by atoms with Gasteiger partial charge in [0.25, 0.3) is 5.91 Å². The van der Waals surface area contributed by atoms with Crippen molar-refractivity contribution in [2.45, 2.75) is 12.7 Å². The molecule has 0 saturated carbocycles. The van der Waals surface area contributed by atoms with Gasteiger partial charge in [0.1, 0.15) is 11.9 Å². The smallest absolute Gasteiger partial charge is 0.258 e. The van der Waals surface area contributed by atoms with Crippen LogP contribution in [0.25, 0.3) is 10.9 Å². The van der Waals surface area contributed by atoms with E-state index < -0.39 is 0 Å². The zero-order valence-corrected chi connectivity index (χ0v) is 14.1. The minimum atomic E-state index is -0.149. The molecular formula is C20H17N3O2. The van der Waals surface area contributed by atoms with Gasteiger partial charge in [-0.15, -0.1) is 0 Å². The summed E-state index contributed by atoms with van der Waals surface area (Å²) in [6, 6.07) is 15.8. The van der Waals surface area contributed by atoms with Crippen molar-refractivity contribution in [2.24, 2.45) is 0 Å². The fourth-order valence-electron chi connectivity index (χ4n) is 3.93. The number of fused-ring (bicyclic) bond motifs is 5. The van der Waals surface area contributed by atoms with Gasteiger partial charge in [0.05, 0.1) is 36.1 Å². The van der Waals surface area contributed by atoms with Crippen LogP contribution >= 0.6 is 0 Å². The summed E-state index contributed by atoms with van der Waals surface area (Å²) in [5, 5.41) is 1.03. The Morgan fingerprint density at radius 2 is 2.00 bits per heavy atom. The molecule has 25 heavy (non-hydrogen) atoms. The van der Waals surface area contributed by atoms with Crippen LogP contribution in [-0.4, -0.2) is 29.9 Å². The van der Waals surface area contributed by atoms with E-state index in [1.165, 1.54) is 0 Å². The fourth-order valence-corrected chi connectivity index (χ4v) is 3.93. The maximum absolute atomic E-state index is 13.0. The molecule has 0 N–H and O–H groups in total. The number of aromatic nitrogens is 1. The quantitative estimate of drug-likeness (QED) is 0.686. The Balaban J connectivity index is 1.68. The van der Waals surface area contributed by atoms with E-state index in [0.717, 1.165) is 39.2 Å². The molecule has 1 amide bonds. The minimum Gasteiger partial charge on any atom is -0.497 e. The van der Waals surface area contributed by atoms with E-state index in [1.807, 2.05) is 54.4 Å². The first-order valence-corrected chi connectivity index (χ1v) is 8.28. The van der Waals surface area contributed by atoms with Gasteiger partial charge in [-0.3, -0.25) is 4.79 Å². The van der Waals surface area contributed by atoms with Gasteiger partial charge < -0.3 is 14.5 Å². The molecule has 1 unspecified atom stereocenters. The number of benzene rings is 2. The van der Waals surface area contributed by atoms with Crippen molar-refractivity contribution in [3.05, 3.63) is 65.4 Å². The van der Waals surface area contributed by atoms with Crippen molar-refractivity contribution in [3.63, 3.8) is 0 Å². The Morgan fingerprint density at radius 3 is 2.84 bits per heavy atom. The summed E-state index contributed by atoms with van der Waals surface area (Å²) < 4.78 is 5.31. The number of pyridine rings is 1. The number of nitrogens with zero attached hydrogens (tertiary/aromatic N) is 3. The molecule has 3 heterocycles. The van der Waals surface area contributed by atoms with Gasteiger partial charge in [0.15, 0.2) is 0 Å². The zero-order chi connectivity index (χ0) is 17.1. The molecular weight excluding hydrogens is 314 g/mol. The molecule has 1 atom stereocenters. The highest BCUT2D eigenvalue weighted by Gasteiger charge is 2.43. The first-order chi connectivity index (χ1) is 12.2. The van der Waals surface area contributed by atoms with E-state index in [1.54, 1.807) is 7.11 Å². The average molecular weight is 331 g/mol. The van der Waals surface area contributed by atoms with Gasteiger partial charge in [-0.2, -0.15) is 0 Å². The van der Waals surface area contributed by atoms with E-state index in [4.69, 9.17) is 9.72 Å². The predicted octanol–water partition coefficient (Wildman–Crippen LogP) is 3.35. The zero-order valence-electron chi connectivity index (χ0n) is 14.1. The molecule has 5 nitrogen and oxygen atoms in total. The summed E-state index contributed by atoms with van der Waals surface area (Å²) in [5.74, 6) is 0.879. The van der Waals surface area contributed by atoms with Crippen LogP contribution in [0.1, 0.15) is 27.8 Å². The fraction of sp³-hybridized carbons (Fsp3) is 0.200. The molecule has 5 heteroatoms. The van der Waals surface area contributed by atoms with Gasteiger partial charge >= 0.3 is 0 Å². The Morgan fingerprint density at radius 1 is 1.16 bits per heavy atom. The van der Waals surface area contributed by atoms with Crippen molar-refractivity contribution in [1.29, 1.82) is 0 Å². The van der Waals surface area contributed by atoms with Gasteiger partial charge in [0, 0.05) is 12.4 Å². The summed E-state index contributed by atoms with van der Waals surface area (Å²) in [4.78, 5) is 21.9. The molecule has 2 aliphatic rings. The largest absolute Gasteiger partial charge is 0.497 e. The average Bonchev–Trinajstić information content (AvgIpc) is 3.02. The van der Waals surface area contributed by atoms with Crippen molar-refractivity contribution in [2.75, 3.05) is 19.1 Å². The molecule has 0 spiro atoms. The van der Waals surface area contributed by atoms with Crippen LogP contribution in [0.4, 0.5) is 5.69 Å². The van der Waals surface area contributed by atoms with Crippen LogP contribution in [0.5, 0.6) is 5.75 Å². The van der Waals surface area contributed by atoms with Crippen molar-refractivity contribution in [1.82, 2.24) is 9.88 Å². The maximum atomic E-state index is 13.0. The number of carbonyl (C=O) groups excluding carboxylic acids is 1. The molecule has 124 valence electrons. The molecule has 1 aromatic heterocycles. The summed E-state index contributed by atoms with van der Waals surface area (Å²) in [7, 11) is 3.69. The number of carbonyl (C=O) groups is 1. The molecule has 5 rings (SSSR count). The number of para-hydroxylation sites is 1. The number of hydrogen-bond acceptors (Lipinski definition) is 4. The number of rotatable bonds is 1. The Labute approximate surface area is 145 Å². The molecule has 0 fully saturated rings. The topological polar surface area (TPSA) is 45.7 Å². The highest BCUT2D eigenvalue weighted by atomic mass is 16.5. The van der Waals surface area contributed by atoms with Crippen LogP contribution in [0.15, 0.2) is 48.5 Å². The standard InChI is InChI=1S/C20H17N3O2/c1-22-17-6-4-3-5-15(17)20(24)23-11-13-9-12-10-14(25-2)7-8-16(12)21-18(13)19(22)23/h3-10,19H,11H2,1-2H3. The lowest BCUT2D eigenvalue weighted by molar-refractivity contribution is 0.0669. The summed E-state index contributed by atoms with van der Waals surface area (Å²) in [6.45, 7) is 0.581. The third-order valence-electron chi connectivity index (χ3n) is 5.16. The Hall–Kier alpha value is -3.08. The number of ether oxygens (including phenoxy) is 1. The number of hydrogen-bond donors (Lipinski definition) is 0. The predicted molar refractivity (Wildman–Crippen MR) is 95.8 cm³/mol. The van der Waals surface area contributed by atoms with E-state index in [-0.39, 0.29) is 12.1 Å². The molecule has 2 aromatic carbocycles. The van der Waals surface area contributed by atoms with Gasteiger partial charge in [0.2, 0.25) is 0 Å². The lowest BCUT2D eigenvalue weighted by Crippen LogP contribution is -2.44. The Bertz CT molecular complexity index is 1030. The molecule has 2 aliphatic heterocycles. The normalized spacial score (nSPS) is 18.2. The monoisotopic (exact) mass is 331 g/mol. The van der Waals surface area contributed by atoms with Crippen LogP contribution in [-0.2, 0) is 6.54 Å². The lowest BCUT2D eigenvalue weighted by Gasteiger charge is -2.39. The van der Waals surface area contributed by atoms with Gasteiger partial charge in [-0.25, -0.2) is 4.98 Å². The van der Waals surface area contributed by atoms with Gasteiger partial charge in [-0.1, -0.05) is 12.1 Å². The van der Waals surface area contributed by atoms with Gasteiger partial charge in [-0.05, 0) is 42.0 Å². The van der Waals surface area contributed by atoms with Crippen LogP contribution in [0.2, 0.25) is 0 Å². The van der Waals surface area contributed by atoms with Crippen LogP contribution in [0, 0.1) is 0 Å². The van der Waals surface area contributed by atoms with E-state index in [2.05, 4.69) is 11.0 Å². The van der Waals surface area contributed by atoms with E-state index in [0.29, 0.717) is 6.54 Å². The molecule has 0 aliphatic carbocycles. The molecule has 0 bridgehead atoms. The van der Waals surface area contributed by atoms with E-state index >= 15 is 0 Å². The second-order valence-corrected chi connectivity index (χ2v) is 6.53. The van der Waals surface area contributed by atoms with Crippen molar-refractivity contribution >= 4 is 22.5 Å². The lowest BCUT2D eigenvalue weighted by atomic mass is 10.1. The Kier molecular flexibility index (Phi) is 2.83. The number of anilines is 1. The second kappa shape index (κ2) is 4.96. The second-order valence-electron chi connectivity index (χ2n) is 6.53. The highest BCUT2D eigenvalue weighted by molar-refractivity contribution is 6.02.